The average Bonchev–Trinajstić information content (AvgIpc) is 2.74. The van der Waals surface area contributed by atoms with Gasteiger partial charge in [0.05, 0.1) is 16.3 Å². The summed E-state index contributed by atoms with van der Waals surface area (Å²) in [6.07, 6.45) is 6.10. The van der Waals surface area contributed by atoms with Crippen LogP contribution in [0.1, 0.15) is 37.7 Å². The van der Waals surface area contributed by atoms with Gasteiger partial charge >= 0.3 is 0 Å². The summed E-state index contributed by atoms with van der Waals surface area (Å²) < 4.78 is 28.2. The zero-order valence-corrected chi connectivity index (χ0v) is 18.8. The maximum atomic E-state index is 12.8. The summed E-state index contributed by atoms with van der Waals surface area (Å²) >= 11 is 0. The number of nitrogens with one attached hydrogen (secondary N) is 3. The standard InChI is InChI=1S/C23H34N4O2S/c1-27(2)16-15-25-30(28,29)21-13-14-22(26-20-11-7-4-8-12-20)23(17-21)24-18-19-9-5-3-6-10-19/h3,5-6,9-10,13-14,17,20,24-26H,4,7-8,11-12,15-16,18H2,1-2H3. The van der Waals surface area contributed by atoms with Gasteiger partial charge in [0.2, 0.25) is 10.0 Å². The van der Waals surface area contributed by atoms with Crippen LogP contribution in [0.2, 0.25) is 0 Å². The van der Waals surface area contributed by atoms with Crippen LogP contribution in [0.25, 0.3) is 0 Å². The molecule has 0 spiro atoms. The molecule has 0 atom stereocenters. The van der Waals surface area contributed by atoms with E-state index < -0.39 is 10.0 Å². The van der Waals surface area contributed by atoms with E-state index in [1.807, 2.05) is 43.3 Å². The second-order valence-corrected chi connectivity index (χ2v) is 9.99. The minimum Gasteiger partial charge on any atom is -0.381 e. The molecule has 0 unspecified atom stereocenters. The van der Waals surface area contributed by atoms with Gasteiger partial charge in [-0.05, 0) is 50.7 Å². The molecule has 7 heteroatoms. The summed E-state index contributed by atoms with van der Waals surface area (Å²) in [6, 6.07) is 15.9. The van der Waals surface area contributed by atoms with Crippen molar-refractivity contribution >= 4 is 21.4 Å². The molecule has 2 aromatic rings. The lowest BCUT2D eigenvalue weighted by molar-refractivity contribution is 0.412. The SMILES string of the molecule is CN(C)CCNS(=O)(=O)c1ccc(NC2CCCCC2)c(NCc2ccccc2)c1. The topological polar surface area (TPSA) is 73.5 Å². The third kappa shape index (κ3) is 6.72. The first-order valence-corrected chi connectivity index (χ1v) is 12.2. The number of rotatable bonds is 10. The van der Waals surface area contributed by atoms with E-state index in [9.17, 15) is 8.42 Å². The highest BCUT2D eigenvalue weighted by atomic mass is 32.2. The monoisotopic (exact) mass is 430 g/mol. The predicted octanol–water partition coefficient (Wildman–Crippen LogP) is 3.88. The van der Waals surface area contributed by atoms with Crippen LogP contribution in [0, 0.1) is 0 Å². The van der Waals surface area contributed by atoms with Gasteiger partial charge in [0.1, 0.15) is 0 Å². The molecule has 0 bridgehead atoms. The van der Waals surface area contributed by atoms with E-state index in [1.54, 1.807) is 12.1 Å². The fraction of sp³-hybridized carbons (Fsp3) is 0.478. The van der Waals surface area contributed by atoms with Crippen LogP contribution >= 0.6 is 0 Å². The van der Waals surface area contributed by atoms with Gasteiger partial charge in [-0.25, -0.2) is 13.1 Å². The Morgan fingerprint density at radius 1 is 0.967 bits per heavy atom. The largest absolute Gasteiger partial charge is 0.381 e. The molecule has 30 heavy (non-hydrogen) atoms. The molecule has 3 rings (SSSR count). The zero-order chi connectivity index (χ0) is 21.4. The van der Waals surface area contributed by atoms with E-state index in [0.717, 1.165) is 29.8 Å². The van der Waals surface area contributed by atoms with Crippen molar-refractivity contribution < 1.29 is 8.42 Å². The minimum atomic E-state index is -3.56. The Balaban J connectivity index is 1.79. The predicted molar refractivity (Wildman–Crippen MR) is 124 cm³/mol. The third-order valence-corrected chi connectivity index (χ3v) is 6.90. The highest BCUT2D eigenvalue weighted by molar-refractivity contribution is 7.89. The fourth-order valence-corrected chi connectivity index (χ4v) is 4.76. The Labute approximate surface area is 181 Å². The molecule has 2 aromatic carbocycles. The molecule has 1 saturated carbocycles. The van der Waals surface area contributed by atoms with Gasteiger partial charge in [0.15, 0.2) is 0 Å². The van der Waals surface area contributed by atoms with E-state index in [-0.39, 0.29) is 4.90 Å². The fourth-order valence-electron chi connectivity index (χ4n) is 3.71. The van der Waals surface area contributed by atoms with Gasteiger partial charge in [-0.15, -0.1) is 0 Å². The number of anilines is 2. The molecule has 6 nitrogen and oxygen atoms in total. The average molecular weight is 431 g/mol. The third-order valence-electron chi connectivity index (χ3n) is 5.44. The molecule has 1 fully saturated rings. The van der Waals surface area contributed by atoms with Gasteiger partial charge in [-0.2, -0.15) is 0 Å². The number of likely N-dealkylation sites (N-methyl/N-ethyl adjacent to an activating group) is 1. The van der Waals surface area contributed by atoms with Crippen molar-refractivity contribution in [1.82, 2.24) is 9.62 Å². The summed E-state index contributed by atoms with van der Waals surface area (Å²) in [6.45, 7) is 1.67. The van der Waals surface area contributed by atoms with Crippen LogP contribution in [-0.2, 0) is 16.6 Å². The lowest BCUT2D eigenvalue weighted by Crippen LogP contribution is -2.31. The van der Waals surface area contributed by atoms with Crippen LogP contribution in [-0.4, -0.2) is 46.5 Å². The van der Waals surface area contributed by atoms with E-state index in [0.29, 0.717) is 25.7 Å². The van der Waals surface area contributed by atoms with Crippen LogP contribution in [0.4, 0.5) is 11.4 Å². The molecular weight excluding hydrogens is 396 g/mol. The van der Waals surface area contributed by atoms with Crippen LogP contribution < -0.4 is 15.4 Å². The molecule has 0 heterocycles. The van der Waals surface area contributed by atoms with Crippen molar-refractivity contribution in [2.75, 3.05) is 37.8 Å². The molecule has 1 aliphatic carbocycles. The number of benzene rings is 2. The summed E-state index contributed by atoms with van der Waals surface area (Å²) in [7, 11) is 0.289. The molecule has 1 aliphatic rings. The number of sulfonamides is 1. The molecule has 164 valence electrons. The smallest absolute Gasteiger partial charge is 0.240 e. The first-order chi connectivity index (χ1) is 14.4. The molecular formula is C23H34N4O2S. The van der Waals surface area contributed by atoms with Crippen molar-refractivity contribution in [3.63, 3.8) is 0 Å². The molecule has 0 amide bonds. The quantitative estimate of drug-likeness (QED) is 0.533. The Morgan fingerprint density at radius 3 is 2.40 bits per heavy atom. The maximum Gasteiger partial charge on any atom is 0.240 e. The summed E-state index contributed by atoms with van der Waals surface area (Å²) in [5.41, 5.74) is 2.93. The van der Waals surface area contributed by atoms with E-state index in [1.165, 1.54) is 19.3 Å². The molecule has 0 saturated heterocycles. The number of hydrogen-bond donors (Lipinski definition) is 3. The molecule has 0 aliphatic heterocycles. The summed E-state index contributed by atoms with van der Waals surface area (Å²) in [5.74, 6) is 0. The van der Waals surface area contributed by atoms with Crippen molar-refractivity contribution in [1.29, 1.82) is 0 Å². The minimum absolute atomic E-state index is 0.283. The second kappa shape index (κ2) is 10.8. The first kappa shape index (κ1) is 22.6. The zero-order valence-electron chi connectivity index (χ0n) is 18.0. The van der Waals surface area contributed by atoms with Gasteiger partial charge in [-0.3, -0.25) is 0 Å². The van der Waals surface area contributed by atoms with Crippen molar-refractivity contribution in [2.45, 2.75) is 49.6 Å². The van der Waals surface area contributed by atoms with Gasteiger partial charge in [0.25, 0.3) is 0 Å². The van der Waals surface area contributed by atoms with Gasteiger partial charge in [0, 0.05) is 25.7 Å². The lowest BCUT2D eigenvalue weighted by atomic mass is 9.95. The van der Waals surface area contributed by atoms with Crippen molar-refractivity contribution in [3.8, 4) is 0 Å². The maximum absolute atomic E-state index is 12.8. The molecule has 0 radical (unpaired) electrons. The highest BCUT2D eigenvalue weighted by Gasteiger charge is 2.18. The van der Waals surface area contributed by atoms with Gasteiger partial charge in [-0.1, -0.05) is 49.6 Å². The highest BCUT2D eigenvalue weighted by Crippen LogP contribution is 2.29. The normalized spacial score (nSPS) is 15.3. The Hall–Kier alpha value is -2.09. The first-order valence-electron chi connectivity index (χ1n) is 10.8. The Morgan fingerprint density at radius 2 is 1.70 bits per heavy atom. The van der Waals surface area contributed by atoms with Gasteiger partial charge < -0.3 is 15.5 Å². The van der Waals surface area contributed by atoms with Crippen LogP contribution in [0.5, 0.6) is 0 Å². The molecule has 3 N–H and O–H groups in total. The Bertz CT molecular complexity index is 895. The Kier molecular flexibility index (Phi) is 8.13. The summed E-state index contributed by atoms with van der Waals surface area (Å²) in [4.78, 5) is 2.23. The van der Waals surface area contributed by atoms with Crippen molar-refractivity contribution in [2.24, 2.45) is 0 Å². The second-order valence-electron chi connectivity index (χ2n) is 8.23. The van der Waals surface area contributed by atoms with E-state index >= 15 is 0 Å². The van der Waals surface area contributed by atoms with E-state index in [2.05, 4.69) is 27.5 Å². The summed E-state index contributed by atoms with van der Waals surface area (Å²) in [5, 5.41) is 7.08. The van der Waals surface area contributed by atoms with Crippen molar-refractivity contribution in [3.05, 3.63) is 54.1 Å². The van der Waals surface area contributed by atoms with Crippen LogP contribution in [0.3, 0.4) is 0 Å². The molecule has 0 aromatic heterocycles. The lowest BCUT2D eigenvalue weighted by Gasteiger charge is -2.26. The van der Waals surface area contributed by atoms with E-state index in [4.69, 9.17) is 0 Å². The number of hydrogen-bond acceptors (Lipinski definition) is 5. The number of nitrogens with zero attached hydrogens (tertiary/aromatic N) is 1. The van der Waals surface area contributed by atoms with Crippen LogP contribution in [0.15, 0.2) is 53.4 Å².